The molecule has 2 rings (SSSR count). The van der Waals surface area contributed by atoms with Gasteiger partial charge < -0.3 is 20.1 Å². The van der Waals surface area contributed by atoms with Crippen molar-refractivity contribution >= 4 is 11.7 Å². The van der Waals surface area contributed by atoms with Crippen molar-refractivity contribution < 1.29 is 18.7 Å². The van der Waals surface area contributed by atoms with E-state index >= 15 is 0 Å². The van der Waals surface area contributed by atoms with Crippen LogP contribution in [0.3, 0.4) is 0 Å². The maximum absolute atomic E-state index is 13.6. The lowest BCUT2D eigenvalue weighted by atomic mass is 10.1. The summed E-state index contributed by atoms with van der Waals surface area (Å²) in [4.78, 5) is 11.8. The smallest absolute Gasteiger partial charge is 0.319 e. The van der Waals surface area contributed by atoms with Crippen LogP contribution in [0.2, 0.25) is 0 Å². The van der Waals surface area contributed by atoms with Crippen molar-refractivity contribution in [2.24, 2.45) is 0 Å². The largest absolute Gasteiger partial charge is 0.494 e. The molecule has 0 unspecified atom stereocenters. The van der Waals surface area contributed by atoms with Crippen molar-refractivity contribution in [1.82, 2.24) is 5.32 Å². The third kappa shape index (κ3) is 4.62. The third-order valence-corrected chi connectivity index (χ3v) is 3.45. The number of carbonyl (C=O) groups excluding carboxylic acids is 1. The van der Waals surface area contributed by atoms with Crippen LogP contribution in [0, 0.1) is 19.7 Å². The van der Waals surface area contributed by atoms with Gasteiger partial charge in [-0.05, 0) is 37.1 Å². The van der Waals surface area contributed by atoms with Crippen molar-refractivity contribution in [3.8, 4) is 11.5 Å². The minimum atomic E-state index is -0.534. The highest BCUT2D eigenvalue weighted by Crippen LogP contribution is 2.22. The first-order valence-electron chi connectivity index (χ1n) is 7.58. The summed E-state index contributed by atoms with van der Waals surface area (Å²) in [5, 5.41) is 5.21. The first kappa shape index (κ1) is 17.6. The van der Waals surface area contributed by atoms with Crippen LogP contribution in [0.4, 0.5) is 14.9 Å². The Balaban J connectivity index is 1.78. The van der Waals surface area contributed by atoms with E-state index < -0.39 is 11.8 Å². The molecule has 0 bridgehead atoms. The quantitative estimate of drug-likeness (QED) is 0.794. The van der Waals surface area contributed by atoms with Gasteiger partial charge in [-0.1, -0.05) is 18.2 Å². The summed E-state index contributed by atoms with van der Waals surface area (Å²) >= 11 is 0. The lowest BCUT2D eigenvalue weighted by molar-refractivity contribution is 0.247. The van der Waals surface area contributed by atoms with Gasteiger partial charge >= 0.3 is 6.03 Å². The summed E-state index contributed by atoms with van der Waals surface area (Å²) in [6, 6.07) is 9.71. The number of para-hydroxylation sites is 1. The first-order chi connectivity index (χ1) is 11.5. The van der Waals surface area contributed by atoms with E-state index in [1.54, 1.807) is 6.07 Å². The van der Waals surface area contributed by atoms with E-state index in [-0.39, 0.29) is 5.75 Å². The molecule has 0 radical (unpaired) electrons. The van der Waals surface area contributed by atoms with Gasteiger partial charge in [0.15, 0.2) is 11.6 Å². The number of benzene rings is 2. The minimum Gasteiger partial charge on any atom is -0.494 e. The van der Waals surface area contributed by atoms with Crippen LogP contribution in [-0.2, 0) is 0 Å². The van der Waals surface area contributed by atoms with Crippen molar-refractivity contribution in [3.05, 3.63) is 53.3 Å². The van der Waals surface area contributed by atoms with Crippen molar-refractivity contribution in [2.75, 3.05) is 25.6 Å². The van der Waals surface area contributed by atoms with E-state index in [1.165, 1.54) is 19.2 Å². The van der Waals surface area contributed by atoms with Crippen LogP contribution < -0.4 is 20.1 Å². The third-order valence-electron chi connectivity index (χ3n) is 3.45. The molecule has 128 valence electrons. The van der Waals surface area contributed by atoms with Gasteiger partial charge in [-0.25, -0.2) is 9.18 Å². The van der Waals surface area contributed by atoms with E-state index in [2.05, 4.69) is 10.6 Å². The van der Waals surface area contributed by atoms with Gasteiger partial charge in [0.05, 0.1) is 13.7 Å². The predicted molar refractivity (Wildman–Crippen MR) is 91.4 cm³/mol. The van der Waals surface area contributed by atoms with Gasteiger partial charge in [-0.2, -0.15) is 0 Å². The van der Waals surface area contributed by atoms with Gasteiger partial charge in [0.2, 0.25) is 0 Å². The Morgan fingerprint density at radius 1 is 1.17 bits per heavy atom. The van der Waals surface area contributed by atoms with Crippen molar-refractivity contribution in [3.63, 3.8) is 0 Å². The molecule has 0 heterocycles. The SMILES string of the molecule is COc1ccc(NC(=O)NCCOc2c(C)cccc2C)cc1F. The number of halogens is 1. The molecule has 5 nitrogen and oxygen atoms in total. The molecular formula is C18H21FN2O3. The molecule has 2 amide bonds. The second-order valence-corrected chi connectivity index (χ2v) is 5.30. The zero-order valence-electron chi connectivity index (χ0n) is 14.0. The van der Waals surface area contributed by atoms with Gasteiger partial charge in [0.1, 0.15) is 12.4 Å². The van der Waals surface area contributed by atoms with Crippen molar-refractivity contribution in [2.45, 2.75) is 13.8 Å². The summed E-state index contributed by atoms with van der Waals surface area (Å²) in [5.41, 5.74) is 2.45. The van der Waals surface area contributed by atoms with Crippen molar-refractivity contribution in [1.29, 1.82) is 0 Å². The minimum absolute atomic E-state index is 0.128. The molecule has 0 saturated carbocycles. The summed E-state index contributed by atoms with van der Waals surface area (Å²) < 4.78 is 24.1. The predicted octanol–water partition coefficient (Wildman–Crippen LogP) is 3.65. The molecule has 2 aromatic carbocycles. The molecule has 0 aliphatic heterocycles. The second-order valence-electron chi connectivity index (χ2n) is 5.30. The Hall–Kier alpha value is -2.76. The molecular weight excluding hydrogens is 311 g/mol. The van der Waals surface area contributed by atoms with Gasteiger partial charge in [-0.3, -0.25) is 0 Å². The van der Waals surface area contributed by atoms with Gasteiger partial charge in [-0.15, -0.1) is 0 Å². The standard InChI is InChI=1S/C18H21FN2O3/c1-12-5-4-6-13(2)17(12)24-10-9-20-18(22)21-14-7-8-16(23-3)15(19)11-14/h4-8,11H,9-10H2,1-3H3,(H2,20,21,22). The van der Waals surface area contributed by atoms with Crippen LogP contribution in [0.5, 0.6) is 11.5 Å². The lowest BCUT2D eigenvalue weighted by Gasteiger charge is -2.13. The van der Waals surface area contributed by atoms with Crippen LogP contribution >= 0.6 is 0 Å². The Morgan fingerprint density at radius 2 is 1.88 bits per heavy atom. The summed E-state index contributed by atoms with van der Waals surface area (Å²) in [7, 11) is 1.38. The van der Waals surface area contributed by atoms with Crippen LogP contribution in [0.1, 0.15) is 11.1 Å². The summed E-state index contributed by atoms with van der Waals surface area (Å²) in [6.45, 7) is 4.62. The number of ether oxygens (including phenoxy) is 2. The molecule has 0 aliphatic rings. The molecule has 0 aliphatic carbocycles. The number of hydrogen-bond acceptors (Lipinski definition) is 3. The Kier molecular flexibility index (Phi) is 6.01. The zero-order valence-corrected chi connectivity index (χ0v) is 14.0. The molecule has 0 aromatic heterocycles. The van der Waals surface area contributed by atoms with Crippen LogP contribution in [0.15, 0.2) is 36.4 Å². The Bertz CT molecular complexity index is 699. The van der Waals surface area contributed by atoms with E-state index in [4.69, 9.17) is 9.47 Å². The monoisotopic (exact) mass is 332 g/mol. The average Bonchev–Trinajstić information content (AvgIpc) is 2.54. The molecule has 6 heteroatoms. The summed E-state index contributed by atoms with van der Waals surface area (Å²) in [5.74, 6) is 0.425. The summed E-state index contributed by atoms with van der Waals surface area (Å²) in [6.07, 6.45) is 0. The van der Waals surface area contributed by atoms with E-state index in [9.17, 15) is 9.18 Å². The second kappa shape index (κ2) is 8.19. The normalized spacial score (nSPS) is 10.2. The first-order valence-corrected chi connectivity index (χ1v) is 7.58. The maximum Gasteiger partial charge on any atom is 0.319 e. The number of hydrogen-bond donors (Lipinski definition) is 2. The van der Waals surface area contributed by atoms with Gasteiger partial charge in [0, 0.05) is 11.8 Å². The fraction of sp³-hybridized carbons (Fsp3) is 0.278. The van der Waals surface area contributed by atoms with Crippen LogP contribution in [0.25, 0.3) is 0 Å². The number of urea groups is 1. The molecule has 0 saturated heterocycles. The maximum atomic E-state index is 13.6. The Labute approximate surface area is 140 Å². The fourth-order valence-electron chi connectivity index (χ4n) is 2.26. The van der Waals surface area contributed by atoms with Gasteiger partial charge in [0.25, 0.3) is 0 Å². The number of carbonyl (C=O) groups is 1. The number of methoxy groups -OCH3 is 1. The number of aryl methyl sites for hydroxylation is 2. The zero-order chi connectivity index (χ0) is 17.5. The van der Waals surface area contributed by atoms with E-state index in [1.807, 2.05) is 32.0 Å². The fourth-order valence-corrected chi connectivity index (χ4v) is 2.26. The highest BCUT2D eigenvalue weighted by atomic mass is 19.1. The number of anilines is 1. The molecule has 0 atom stereocenters. The molecule has 0 spiro atoms. The Morgan fingerprint density at radius 3 is 2.50 bits per heavy atom. The topological polar surface area (TPSA) is 59.6 Å². The number of nitrogens with one attached hydrogen (secondary N) is 2. The lowest BCUT2D eigenvalue weighted by Crippen LogP contribution is -2.32. The molecule has 2 aromatic rings. The molecule has 2 N–H and O–H groups in total. The molecule has 0 fully saturated rings. The average molecular weight is 332 g/mol. The number of amides is 2. The van der Waals surface area contributed by atoms with Crippen LogP contribution in [-0.4, -0.2) is 26.3 Å². The molecule has 24 heavy (non-hydrogen) atoms. The van der Waals surface area contributed by atoms with E-state index in [0.717, 1.165) is 16.9 Å². The van der Waals surface area contributed by atoms with E-state index in [0.29, 0.717) is 18.8 Å². The number of rotatable bonds is 6. The highest BCUT2D eigenvalue weighted by Gasteiger charge is 2.07. The highest BCUT2D eigenvalue weighted by molar-refractivity contribution is 5.89.